The minimum Gasteiger partial charge on any atom is -0.349 e. The van der Waals surface area contributed by atoms with E-state index in [1.165, 1.54) is 38.5 Å². The van der Waals surface area contributed by atoms with Crippen LogP contribution in [0.1, 0.15) is 57.4 Å². The van der Waals surface area contributed by atoms with E-state index < -0.39 is 5.79 Å². The van der Waals surface area contributed by atoms with Crippen LogP contribution in [0, 0.1) is 5.92 Å². The first-order valence-electron chi connectivity index (χ1n) is 8.51. The molecule has 1 aromatic rings. The van der Waals surface area contributed by atoms with Crippen molar-refractivity contribution in [1.29, 1.82) is 0 Å². The number of thiol groups is 1. The molecule has 0 radical (unpaired) electrons. The van der Waals surface area contributed by atoms with Gasteiger partial charge >= 0.3 is 0 Å². The minimum absolute atomic E-state index is 0.249. The van der Waals surface area contributed by atoms with E-state index in [0.717, 1.165) is 17.7 Å². The summed E-state index contributed by atoms with van der Waals surface area (Å²) >= 11 is 4.57. The van der Waals surface area contributed by atoms with E-state index in [4.69, 9.17) is 9.47 Å². The number of hydrogen-bond acceptors (Lipinski definition) is 3. The normalized spacial score (nSPS) is 13.3. The van der Waals surface area contributed by atoms with Crippen LogP contribution in [0.4, 0.5) is 0 Å². The number of hydrogen-bond donors (Lipinski definition) is 1. The van der Waals surface area contributed by atoms with Gasteiger partial charge < -0.3 is 9.47 Å². The predicted molar refractivity (Wildman–Crippen MR) is 97.5 cm³/mol. The highest BCUT2D eigenvalue weighted by Crippen LogP contribution is 2.38. The molecule has 0 amide bonds. The largest absolute Gasteiger partial charge is 0.349 e. The van der Waals surface area contributed by atoms with Crippen LogP contribution in [0.15, 0.2) is 30.3 Å². The molecule has 0 N–H and O–H groups in total. The molecule has 22 heavy (non-hydrogen) atoms. The van der Waals surface area contributed by atoms with Crippen LogP contribution >= 0.6 is 12.6 Å². The maximum atomic E-state index is 5.85. The van der Waals surface area contributed by atoms with Crippen molar-refractivity contribution in [1.82, 2.24) is 0 Å². The predicted octanol–water partition coefficient (Wildman–Crippen LogP) is 5.43. The maximum absolute atomic E-state index is 5.85. The molecule has 0 spiro atoms. The third-order valence-corrected chi connectivity index (χ3v) is 4.89. The summed E-state index contributed by atoms with van der Waals surface area (Å²) in [7, 11) is 3.46. The Kier molecular flexibility index (Phi) is 9.85. The van der Waals surface area contributed by atoms with E-state index in [-0.39, 0.29) is 5.92 Å². The Balaban J connectivity index is 2.67. The van der Waals surface area contributed by atoms with Gasteiger partial charge in [0, 0.05) is 25.7 Å². The Morgan fingerprint density at radius 1 is 0.955 bits per heavy atom. The molecule has 0 aliphatic heterocycles. The van der Waals surface area contributed by atoms with Crippen LogP contribution in [-0.4, -0.2) is 20.0 Å². The highest BCUT2D eigenvalue weighted by atomic mass is 32.1. The lowest BCUT2D eigenvalue weighted by molar-refractivity contribution is -0.247. The number of unbranched alkanes of at least 4 members (excludes halogenated alkanes) is 5. The molecule has 0 fully saturated rings. The van der Waals surface area contributed by atoms with Crippen LogP contribution < -0.4 is 0 Å². The van der Waals surface area contributed by atoms with Crippen LogP contribution in [0.3, 0.4) is 0 Å². The Labute approximate surface area is 142 Å². The van der Waals surface area contributed by atoms with Crippen molar-refractivity contribution in [3.05, 3.63) is 35.9 Å². The first kappa shape index (κ1) is 19.5. The average molecular weight is 325 g/mol. The first-order valence-corrected chi connectivity index (χ1v) is 9.15. The molecule has 1 unspecified atom stereocenters. The zero-order valence-corrected chi connectivity index (χ0v) is 15.3. The lowest BCUT2D eigenvalue weighted by atomic mass is 9.88. The summed E-state index contributed by atoms with van der Waals surface area (Å²) < 4.78 is 11.7. The molecule has 2 nitrogen and oxygen atoms in total. The highest BCUT2D eigenvalue weighted by Gasteiger charge is 2.39. The van der Waals surface area contributed by atoms with Gasteiger partial charge in [-0.05, 0) is 12.2 Å². The minimum atomic E-state index is -0.688. The van der Waals surface area contributed by atoms with Crippen molar-refractivity contribution in [2.45, 2.75) is 57.7 Å². The fourth-order valence-electron chi connectivity index (χ4n) is 3.13. The molecule has 0 aliphatic rings. The van der Waals surface area contributed by atoms with Gasteiger partial charge in [-0.25, -0.2) is 0 Å². The molecule has 0 bridgehead atoms. The van der Waals surface area contributed by atoms with Crippen LogP contribution in [-0.2, 0) is 15.3 Å². The summed E-state index contributed by atoms with van der Waals surface area (Å²) in [5, 5.41) is 0. The standard InChI is InChI=1S/C19H32O2S/c1-4-5-6-7-8-10-15-18(16-22)19(20-2,21-3)17-13-11-9-12-14-17/h9,11-14,18,22H,4-8,10,15-16H2,1-3H3. The number of benzene rings is 1. The molecule has 0 aromatic heterocycles. The molecular formula is C19H32O2S. The van der Waals surface area contributed by atoms with Gasteiger partial charge in [-0.3, -0.25) is 0 Å². The lowest BCUT2D eigenvalue weighted by Gasteiger charge is -2.38. The van der Waals surface area contributed by atoms with Gasteiger partial charge in [-0.1, -0.05) is 75.8 Å². The average Bonchev–Trinajstić information content (AvgIpc) is 2.58. The third kappa shape index (κ3) is 5.29. The number of ether oxygens (including phenoxy) is 2. The third-order valence-electron chi connectivity index (χ3n) is 4.45. The van der Waals surface area contributed by atoms with Gasteiger partial charge in [-0.2, -0.15) is 12.6 Å². The fraction of sp³-hybridized carbons (Fsp3) is 0.684. The van der Waals surface area contributed by atoms with Gasteiger partial charge in [0.25, 0.3) is 0 Å². The van der Waals surface area contributed by atoms with E-state index in [2.05, 4.69) is 31.7 Å². The van der Waals surface area contributed by atoms with Crippen molar-refractivity contribution in [3.8, 4) is 0 Å². The molecule has 0 aliphatic carbocycles. The van der Waals surface area contributed by atoms with E-state index in [1.54, 1.807) is 14.2 Å². The van der Waals surface area contributed by atoms with Gasteiger partial charge in [-0.15, -0.1) is 0 Å². The van der Waals surface area contributed by atoms with Crippen molar-refractivity contribution in [2.75, 3.05) is 20.0 Å². The molecule has 0 saturated heterocycles. The van der Waals surface area contributed by atoms with Crippen molar-refractivity contribution in [2.24, 2.45) is 5.92 Å². The Morgan fingerprint density at radius 2 is 1.55 bits per heavy atom. The maximum Gasteiger partial charge on any atom is 0.197 e. The molecule has 0 heterocycles. The first-order chi connectivity index (χ1) is 10.7. The zero-order valence-electron chi connectivity index (χ0n) is 14.4. The summed E-state index contributed by atoms with van der Waals surface area (Å²) in [5.41, 5.74) is 1.07. The van der Waals surface area contributed by atoms with Gasteiger partial charge in [0.15, 0.2) is 5.79 Å². The van der Waals surface area contributed by atoms with Crippen LogP contribution in [0.25, 0.3) is 0 Å². The summed E-state index contributed by atoms with van der Waals surface area (Å²) in [6.45, 7) is 2.25. The second-order valence-electron chi connectivity index (χ2n) is 5.88. The van der Waals surface area contributed by atoms with Crippen LogP contribution in [0.5, 0.6) is 0 Å². The second-order valence-corrected chi connectivity index (χ2v) is 6.24. The Morgan fingerprint density at radius 3 is 2.09 bits per heavy atom. The zero-order chi connectivity index (χ0) is 16.3. The van der Waals surface area contributed by atoms with Gasteiger partial charge in [0.2, 0.25) is 0 Å². The Bertz CT molecular complexity index is 376. The summed E-state index contributed by atoms with van der Waals surface area (Å²) in [6, 6.07) is 10.2. The second kappa shape index (κ2) is 11.1. The van der Waals surface area contributed by atoms with Gasteiger partial charge in [0.1, 0.15) is 0 Å². The SMILES string of the molecule is CCCCCCCCC(CS)C(OC)(OC)c1ccccc1. The van der Waals surface area contributed by atoms with E-state index >= 15 is 0 Å². The molecular weight excluding hydrogens is 292 g/mol. The topological polar surface area (TPSA) is 18.5 Å². The molecule has 1 aromatic carbocycles. The molecule has 1 rings (SSSR count). The summed E-state index contributed by atoms with van der Waals surface area (Å²) in [6.07, 6.45) is 8.88. The van der Waals surface area contributed by atoms with Gasteiger partial charge in [0.05, 0.1) is 0 Å². The van der Waals surface area contributed by atoms with E-state index in [9.17, 15) is 0 Å². The monoisotopic (exact) mass is 324 g/mol. The highest BCUT2D eigenvalue weighted by molar-refractivity contribution is 7.80. The van der Waals surface area contributed by atoms with Crippen LogP contribution in [0.2, 0.25) is 0 Å². The molecule has 3 heteroatoms. The Hall–Kier alpha value is -0.510. The van der Waals surface area contributed by atoms with E-state index in [1.807, 2.05) is 18.2 Å². The smallest absolute Gasteiger partial charge is 0.197 e. The van der Waals surface area contributed by atoms with E-state index in [0.29, 0.717) is 0 Å². The molecule has 1 atom stereocenters. The van der Waals surface area contributed by atoms with Crippen molar-refractivity contribution in [3.63, 3.8) is 0 Å². The van der Waals surface area contributed by atoms with Crippen molar-refractivity contribution < 1.29 is 9.47 Å². The summed E-state index contributed by atoms with van der Waals surface area (Å²) in [4.78, 5) is 0. The van der Waals surface area contributed by atoms with Crippen molar-refractivity contribution >= 4 is 12.6 Å². The quantitative estimate of drug-likeness (QED) is 0.314. The number of rotatable bonds is 12. The number of methoxy groups -OCH3 is 2. The fourth-order valence-corrected chi connectivity index (χ4v) is 3.55. The summed E-state index contributed by atoms with van der Waals surface area (Å²) in [5.74, 6) is 0.317. The molecule has 0 saturated carbocycles. The lowest BCUT2D eigenvalue weighted by Crippen LogP contribution is -2.40. The molecule has 126 valence electrons.